The monoisotopic (exact) mass is 177 g/mol. The zero-order chi connectivity index (χ0) is 7.94. The number of rotatable bonds is 7. The van der Waals surface area contributed by atoms with Crippen LogP contribution >= 0.6 is 11.6 Å². The first kappa shape index (κ1) is 9.30. The van der Waals surface area contributed by atoms with Gasteiger partial charge in [-0.15, -0.1) is 11.6 Å². The van der Waals surface area contributed by atoms with Crippen molar-refractivity contribution in [3.05, 3.63) is 0 Å². The Labute approximate surface area is 73.5 Å². The van der Waals surface area contributed by atoms with Gasteiger partial charge in [0.25, 0.3) is 0 Å². The Kier molecular flexibility index (Phi) is 4.91. The molecule has 1 rings (SSSR count). The van der Waals surface area contributed by atoms with Crippen LogP contribution in [-0.2, 0) is 4.74 Å². The van der Waals surface area contributed by atoms with Crippen molar-refractivity contribution in [3.63, 3.8) is 0 Å². The summed E-state index contributed by atoms with van der Waals surface area (Å²) in [4.78, 5) is 2.36. The molecule has 1 fully saturated rings. The minimum absolute atomic E-state index is 0.759. The Morgan fingerprint density at radius 1 is 1.18 bits per heavy atom. The molecule has 0 spiro atoms. The van der Waals surface area contributed by atoms with Crippen molar-refractivity contribution in [2.75, 3.05) is 38.7 Å². The third-order valence-corrected chi connectivity index (χ3v) is 2.03. The highest BCUT2D eigenvalue weighted by molar-refractivity contribution is 6.17. The van der Waals surface area contributed by atoms with E-state index in [9.17, 15) is 0 Å². The van der Waals surface area contributed by atoms with Gasteiger partial charge >= 0.3 is 0 Å². The van der Waals surface area contributed by atoms with E-state index in [4.69, 9.17) is 16.3 Å². The van der Waals surface area contributed by atoms with E-state index in [2.05, 4.69) is 4.90 Å². The second-order valence-corrected chi connectivity index (χ2v) is 3.23. The van der Waals surface area contributed by atoms with Crippen molar-refractivity contribution in [3.8, 4) is 0 Å². The van der Waals surface area contributed by atoms with Crippen LogP contribution in [0.25, 0.3) is 0 Å². The predicted octanol–water partition coefficient (Wildman–Crippen LogP) is 1.34. The maximum absolute atomic E-state index is 5.51. The number of hydrogen-bond donors (Lipinski definition) is 0. The van der Waals surface area contributed by atoms with Gasteiger partial charge in [-0.25, -0.2) is 0 Å². The summed E-state index contributed by atoms with van der Waals surface area (Å²) in [5, 5.41) is 0. The summed E-state index contributed by atoms with van der Waals surface area (Å²) in [7, 11) is 0. The Morgan fingerprint density at radius 2 is 2.00 bits per heavy atom. The normalized spacial score (nSPS) is 17.2. The lowest BCUT2D eigenvalue weighted by Gasteiger charge is -2.02. The Morgan fingerprint density at radius 3 is 2.64 bits per heavy atom. The molecule has 3 heteroatoms. The van der Waals surface area contributed by atoms with Gasteiger partial charge in [0.1, 0.15) is 0 Å². The first-order valence-electron chi connectivity index (χ1n) is 4.29. The van der Waals surface area contributed by atoms with Crippen molar-refractivity contribution < 1.29 is 4.74 Å². The Bertz CT molecular complexity index is 96.1. The maximum atomic E-state index is 5.51. The van der Waals surface area contributed by atoms with Crippen LogP contribution in [0.2, 0.25) is 0 Å². The van der Waals surface area contributed by atoms with E-state index in [0.717, 1.165) is 38.5 Å². The van der Waals surface area contributed by atoms with Gasteiger partial charge < -0.3 is 4.74 Å². The van der Waals surface area contributed by atoms with E-state index in [-0.39, 0.29) is 0 Å². The summed E-state index contributed by atoms with van der Waals surface area (Å²) in [6.07, 6.45) is 2.18. The Hall–Kier alpha value is 0.210. The molecule has 0 N–H and O–H groups in total. The third-order valence-electron chi connectivity index (χ3n) is 1.76. The van der Waals surface area contributed by atoms with E-state index >= 15 is 0 Å². The van der Waals surface area contributed by atoms with Gasteiger partial charge in [-0.05, 0) is 12.8 Å². The molecular formula is C8H16ClNO. The lowest BCUT2D eigenvalue weighted by molar-refractivity contribution is 0.124. The average molecular weight is 178 g/mol. The molecule has 0 aromatic heterocycles. The molecule has 0 atom stereocenters. The molecule has 11 heavy (non-hydrogen) atoms. The fourth-order valence-corrected chi connectivity index (χ4v) is 1.08. The molecule has 1 saturated heterocycles. The lowest BCUT2D eigenvalue weighted by atomic mass is 10.4. The molecule has 2 nitrogen and oxygen atoms in total. The van der Waals surface area contributed by atoms with Gasteiger partial charge in [-0.3, -0.25) is 4.90 Å². The molecule has 0 amide bonds. The van der Waals surface area contributed by atoms with Crippen molar-refractivity contribution in [2.24, 2.45) is 0 Å². The minimum Gasteiger partial charge on any atom is -0.380 e. The smallest absolute Gasteiger partial charge is 0.0593 e. The number of halogens is 1. The summed E-state index contributed by atoms with van der Waals surface area (Å²) in [5.74, 6) is 0.759. The first-order chi connectivity index (χ1) is 5.43. The van der Waals surface area contributed by atoms with Crippen LogP contribution in [0.3, 0.4) is 0 Å². The van der Waals surface area contributed by atoms with Crippen LogP contribution in [0.15, 0.2) is 0 Å². The van der Waals surface area contributed by atoms with Gasteiger partial charge in [-0.1, -0.05) is 0 Å². The van der Waals surface area contributed by atoms with Crippen LogP contribution in [0.4, 0.5) is 0 Å². The number of unbranched alkanes of at least 4 members (excludes halogenated alkanes) is 1. The third kappa shape index (κ3) is 5.48. The van der Waals surface area contributed by atoms with Crippen molar-refractivity contribution >= 4 is 11.6 Å². The topological polar surface area (TPSA) is 12.2 Å². The molecule has 0 bridgehead atoms. The van der Waals surface area contributed by atoms with E-state index < -0.39 is 0 Å². The zero-order valence-corrected chi connectivity index (χ0v) is 7.65. The maximum Gasteiger partial charge on any atom is 0.0593 e. The van der Waals surface area contributed by atoms with E-state index in [0.29, 0.717) is 0 Å². The Balaban J connectivity index is 1.66. The largest absolute Gasteiger partial charge is 0.380 e. The van der Waals surface area contributed by atoms with Crippen LogP contribution in [0, 0.1) is 0 Å². The molecule has 0 unspecified atom stereocenters. The molecule has 0 aromatic carbocycles. The minimum atomic E-state index is 0.759. The molecule has 1 aliphatic rings. The second kappa shape index (κ2) is 5.81. The average Bonchev–Trinajstić information content (AvgIpc) is 2.80. The molecule has 66 valence electrons. The number of nitrogens with zero attached hydrogens (tertiary/aromatic N) is 1. The fraction of sp³-hybridized carbons (Fsp3) is 1.00. The quantitative estimate of drug-likeness (QED) is 0.331. The molecule has 1 heterocycles. The van der Waals surface area contributed by atoms with Crippen molar-refractivity contribution in [1.29, 1.82) is 0 Å². The summed E-state index contributed by atoms with van der Waals surface area (Å²) < 4.78 is 5.39. The summed E-state index contributed by atoms with van der Waals surface area (Å²) in [6, 6.07) is 0. The number of ether oxygens (including phenoxy) is 1. The van der Waals surface area contributed by atoms with Gasteiger partial charge in [0.05, 0.1) is 6.61 Å². The SMILES string of the molecule is ClCCCCOCCN1CC1. The van der Waals surface area contributed by atoms with Crippen LogP contribution in [-0.4, -0.2) is 43.6 Å². The highest BCUT2D eigenvalue weighted by Gasteiger charge is 2.15. The predicted molar refractivity (Wildman–Crippen MR) is 47.2 cm³/mol. The highest BCUT2D eigenvalue weighted by atomic mass is 35.5. The number of alkyl halides is 1. The molecule has 0 aromatic rings. The standard InChI is InChI=1S/C8H16ClNO/c9-3-1-2-7-11-8-6-10-4-5-10/h1-8H2. The van der Waals surface area contributed by atoms with Crippen LogP contribution < -0.4 is 0 Å². The van der Waals surface area contributed by atoms with Gasteiger partial charge in [0, 0.05) is 32.1 Å². The highest BCUT2D eigenvalue weighted by Crippen LogP contribution is 2.01. The molecular weight excluding hydrogens is 162 g/mol. The van der Waals surface area contributed by atoms with Gasteiger partial charge in [0.15, 0.2) is 0 Å². The van der Waals surface area contributed by atoms with Crippen molar-refractivity contribution in [1.82, 2.24) is 4.90 Å². The summed E-state index contributed by atoms with van der Waals surface area (Å²) >= 11 is 5.51. The lowest BCUT2D eigenvalue weighted by Crippen LogP contribution is -2.08. The molecule has 0 saturated carbocycles. The van der Waals surface area contributed by atoms with Gasteiger partial charge in [-0.2, -0.15) is 0 Å². The molecule has 1 aliphatic heterocycles. The number of hydrogen-bond acceptors (Lipinski definition) is 2. The second-order valence-electron chi connectivity index (χ2n) is 2.85. The summed E-state index contributed by atoms with van der Waals surface area (Å²) in [5.41, 5.74) is 0. The van der Waals surface area contributed by atoms with E-state index in [1.54, 1.807) is 0 Å². The van der Waals surface area contributed by atoms with E-state index in [1.165, 1.54) is 13.1 Å². The molecule has 0 radical (unpaired) electrons. The first-order valence-corrected chi connectivity index (χ1v) is 4.83. The van der Waals surface area contributed by atoms with Gasteiger partial charge in [0.2, 0.25) is 0 Å². The van der Waals surface area contributed by atoms with Crippen molar-refractivity contribution in [2.45, 2.75) is 12.8 Å². The summed E-state index contributed by atoms with van der Waals surface area (Å²) in [6.45, 7) is 5.42. The van der Waals surface area contributed by atoms with Crippen LogP contribution in [0.1, 0.15) is 12.8 Å². The fourth-order valence-electron chi connectivity index (χ4n) is 0.889. The zero-order valence-electron chi connectivity index (χ0n) is 6.89. The molecule has 0 aliphatic carbocycles. The van der Waals surface area contributed by atoms with E-state index in [1.807, 2.05) is 0 Å². The van der Waals surface area contributed by atoms with Crippen LogP contribution in [0.5, 0.6) is 0 Å².